The van der Waals surface area contributed by atoms with Gasteiger partial charge in [0.15, 0.2) is 0 Å². The summed E-state index contributed by atoms with van der Waals surface area (Å²) in [7, 11) is 0. The van der Waals surface area contributed by atoms with Crippen LogP contribution in [0.15, 0.2) is 36.5 Å². The van der Waals surface area contributed by atoms with Gasteiger partial charge in [0.2, 0.25) is 0 Å². The molecule has 0 bridgehead atoms. The normalized spacial score (nSPS) is 11.7. The molecule has 0 spiro atoms. The molecule has 0 saturated heterocycles. The summed E-state index contributed by atoms with van der Waals surface area (Å²) in [6.07, 6.45) is 1.87. The van der Waals surface area contributed by atoms with Crippen molar-refractivity contribution >= 4 is 0 Å². The number of benzene rings is 1. The largest absolute Gasteiger partial charge is 0.330 e. The highest BCUT2D eigenvalue weighted by molar-refractivity contribution is 5.64. The Balaban J connectivity index is 2.49. The quantitative estimate of drug-likeness (QED) is 0.825. The van der Waals surface area contributed by atoms with Crippen molar-refractivity contribution in [1.29, 1.82) is 0 Å². The van der Waals surface area contributed by atoms with E-state index in [0.29, 0.717) is 6.54 Å². The van der Waals surface area contributed by atoms with Crippen LogP contribution in [-0.2, 0) is 5.41 Å². The fourth-order valence-corrected chi connectivity index (χ4v) is 1.73. The second-order valence-electron chi connectivity index (χ2n) is 4.61. The van der Waals surface area contributed by atoms with E-state index in [1.54, 1.807) is 0 Å². The number of hydrogen-bond donors (Lipinski definition) is 2. The van der Waals surface area contributed by atoms with Gasteiger partial charge in [-0.05, 0) is 5.56 Å². The first kappa shape index (κ1) is 10.9. The minimum atomic E-state index is -0.0574. The van der Waals surface area contributed by atoms with Crippen molar-refractivity contribution in [3.8, 4) is 11.3 Å². The van der Waals surface area contributed by atoms with Crippen molar-refractivity contribution in [1.82, 2.24) is 10.2 Å². The van der Waals surface area contributed by atoms with E-state index in [2.05, 4.69) is 36.2 Å². The molecular formula is C13H17N3. The molecule has 84 valence electrons. The molecule has 0 fully saturated rings. The Kier molecular flexibility index (Phi) is 2.79. The molecule has 2 aromatic rings. The summed E-state index contributed by atoms with van der Waals surface area (Å²) in [4.78, 5) is 0. The number of nitrogens with one attached hydrogen (secondary N) is 1. The summed E-state index contributed by atoms with van der Waals surface area (Å²) in [5.74, 6) is 0. The van der Waals surface area contributed by atoms with E-state index in [4.69, 9.17) is 5.73 Å². The molecule has 3 nitrogen and oxygen atoms in total. The van der Waals surface area contributed by atoms with Crippen LogP contribution in [-0.4, -0.2) is 16.7 Å². The van der Waals surface area contributed by atoms with Crippen molar-refractivity contribution in [3.05, 3.63) is 42.1 Å². The zero-order valence-electron chi connectivity index (χ0n) is 9.70. The first-order valence-corrected chi connectivity index (χ1v) is 5.44. The van der Waals surface area contributed by atoms with Gasteiger partial charge in [-0.1, -0.05) is 44.2 Å². The molecule has 2 rings (SSSR count). The Bertz CT molecular complexity index is 457. The van der Waals surface area contributed by atoms with Crippen LogP contribution in [0.3, 0.4) is 0 Å². The number of aromatic nitrogens is 2. The molecule has 0 amide bonds. The highest BCUT2D eigenvalue weighted by atomic mass is 15.1. The van der Waals surface area contributed by atoms with Gasteiger partial charge in [-0.25, -0.2) is 0 Å². The number of aromatic amines is 1. The Morgan fingerprint density at radius 3 is 2.56 bits per heavy atom. The van der Waals surface area contributed by atoms with Crippen molar-refractivity contribution in [2.45, 2.75) is 19.3 Å². The van der Waals surface area contributed by atoms with Gasteiger partial charge in [0.1, 0.15) is 0 Å². The summed E-state index contributed by atoms with van der Waals surface area (Å²) < 4.78 is 0. The Labute approximate surface area is 95.7 Å². The molecule has 0 radical (unpaired) electrons. The predicted molar refractivity (Wildman–Crippen MR) is 66.1 cm³/mol. The van der Waals surface area contributed by atoms with Gasteiger partial charge < -0.3 is 5.73 Å². The zero-order valence-corrected chi connectivity index (χ0v) is 9.70. The van der Waals surface area contributed by atoms with E-state index < -0.39 is 0 Å². The van der Waals surface area contributed by atoms with Crippen molar-refractivity contribution in [3.63, 3.8) is 0 Å². The van der Waals surface area contributed by atoms with E-state index in [0.717, 1.165) is 11.3 Å². The Hall–Kier alpha value is -1.61. The SMILES string of the molecule is CC(C)(CN)c1cn[nH]c1-c1ccccc1. The number of nitrogens with zero attached hydrogens (tertiary/aromatic N) is 1. The van der Waals surface area contributed by atoms with Crippen molar-refractivity contribution in [2.75, 3.05) is 6.54 Å². The molecule has 0 aliphatic rings. The van der Waals surface area contributed by atoms with Gasteiger partial charge in [0, 0.05) is 17.5 Å². The lowest BCUT2D eigenvalue weighted by Gasteiger charge is -2.22. The molecule has 0 aliphatic heterocycles. The molecule has 3 N–H and O–H groups in total. The molecule has 0 saturated carbocycles. The first-order chi connectivity index (χ1) is 7.65. The van der Waals surface area contributed by atoms with Gasteiger partial charge in [0.25, 0.3) is 0 Å². The fraction of sp³-hybridized carbons (Fsp3) is 0.308. The van der Waals surface area contributed by atoms with Crippen LogP contribution in [0.5, 0.6) is 0 Å². The molecule has 3 heteroatoms. The van der Waals surface area contributed by atoms with Gasteiger partial charge in [-0.3, -0.25) is 5.10 Å². The lowest BCUT2D eigenvalue weighted by atomic mass is 9.84. The van der Waals surface area contributed by atoms with Gasteiger partial charge in [-0.15, -0.1) is 0 Å². The van der Waals surface area contributed by atoms with Crippen LogP contribution in [0.25, 0.3) is 11.3 Å². The number of H-pyrrole nitrogens is 1. The third-order valence-electron chi connectivity index (χ3n) is 2.94. The smallest absolute Gasteiger partial charge is 0.0688 e. The van der Waals surface area contributed by atoms with E-state index in [1.165, 1.54) is 5.56 Å². The van der Waals surface area contributed by atoms with Crippen LogP contribution in [0.4, 0.5) is 0 Å². The molecule has 1 aromatic heterocycles. The second kappa shape index (κ2) is 4.10. The Morgan fingerprint density at radius 1 is 1.25 bits per heavy atom. The summed E-state index contributed by atoms with van der Waals surface area (Å²) >= 11 is 0. The highest BCUT2D eigenvalue weighted by Gasteiger charge is 2.24. The summed E-state index contributed by atoms with van der Waals surface area (Å²) in [5, 5.41) is 7.19. The second-order valence-corrected chi connectivity index (χ2v) is 4.61. The van der Waals surface area contributed by atoms with E-state index >= 15 is 0 Å². The van der Waals surface area contributed by atoms with E-state index in [1.807, 2.05) is 24.4 Å². The molecule has 0 unspecified atom stereocenters. The maximum Gasteiger partial charge on any atom is 0.0688 e. The predicted octanol–water partition coefficient (Wildman–Crippen LogP) is 2.31. The topological polar surface area (TPSA) is 54.7 Å². The average Bonchev–Trinajstić information content (AvgIpc) is 2.80. The number of hydrogen-bond acceptors (Lipinski definition) is 2. The molecule has 1 heterocycles. The molecular weight excluding hydrogens is 198 g/mol. The summed E-state index contributed by atoms with van der Waals surface area (Å²) in [6, 6.07) is 10.2. The number of rotatable bonds is 3. The van der Waals surface area contributed by atoms with Gasteiger partial charge in [-0.2, -0.15) is 5.10 Å². The van der Waals surface area contributed by atoms with E-state index in [-0.39, 0.29) is 5.41 Å². The standard InChI is InChI=1S/C13H17N3/c1-13(2,9-14)11-8-15-16-12(11)10-6-4-3-5-7-10/h3-8H,9,14H2,1-2H3,(H,15,16). The minimum absolute atomic E-state index is 0.0574. The fourth-order valence-electron chi connectivity index (χ4n) is 1.73. The summed E-state index contributed by atoms with van der Waals surface area (Å²) in [5.41, 5.74) is 9.13. The van der Waals surface area contributed by atoms with Crippen LogP contribution in [0.1, 0.15) is 19.4 Å². The monoisotopic (exact) mass is 215 g/mol. The minimum Gasteiger partial charge on any atom is -0.330 e. The molecule has 0 aliphatic carbocycles. The Morgan fingerprint density at radius 2 is 1.94 bits per heavy atom. The van der Waals surface area contributed by atoms with Crippen molar-refractivity contribution in [2.24, 2.45) is 5.73 Å². The van der Waals surface area contributed by atoms with E-state index in [9.17, 15) is 0 Å². The average molecular weight is 215 g/mol. The summed E-state index contributed by atoms with van der Waals surface area (Å²) in [6.45, 7) is 4.86. The zero-order chi connectivity index (χ0) is 11.6. The first-order valence-electron chi connectivity index (χ1n) is 5.44. The maximum absolute atomic E-state index is 5.80. The maximum atomic E-state index is 5.80. The molecule has 16 heavy (non-hydrogen) atoms. The third-order valence-corrected chi connectivity index (χ3v) is 2.94. The van der Waals surface area contributed by atoms with Crippen molar-refractivity contribution < 1.29 is 0 Å². The van der Waals surface area contributed by atoms with Gasteiger partial charge in [0.05, 0.1) is 11.9 Å². The lowest BCUT2D eigenvalue weighted by molar-refractivity contribution is 0.541. The van der Waals surface area contributed by atoms with Crippen LogP contribution >= 0.6 is 0 Å². The lowest BCUT2D eigenvalue weighted by Crippen LogP contribution is -2.28. The van der Waals surface area contributed by atoms with Crippen LogP contribution in [0, 0.1) is 0 Å². The molecule has 1 aromatic carbocycles. The third kappa shape index (κ3) is 1.86. The number of nitrogens with two attached hydrogens (primary N) is 1. The molecule has 0 atom stereocenters. The van der Waals surface area contributed by atoms with Gasteiger partial charge >= 0.3 is 0 Å². The van der Waals surface area contributed by atoms with Crippen LogP contribution < -0.4 is 5.73 Å². The highest BCUT2D eigenvalue weighted by Crippen LogP contribution is 2.30. The van der Waals surface area contributed by atoms with Crippen LogP contribution in [0.2, 0.25) is 0 Å².